The predicted octanol–water partition coefficient (Wildman–Crippen LogP) is 1.39. The summed E-state index contributed by atoms with van der Waals surface area (Å²) in [4.78, 5) is 44.7. The number of halogens is 1. The topological polar surface area (TPSA) is 137 Å². The molecule has 35 heavy (non-hydrogen) atoms. The number of nitrogens with zero attached hydrogens (tertiary/aromatic N) is 2. The molecule has 3 atom stereocenters. The molecule has 3 unspecified atom stereocenters. The van der Waals surface area contributed by atoms with Crippen molar-refractivity contribution in [3.05, 3.63) is 30.0 Å². The van der Waals surface area contributed by atoms with Crippen LogP contribution in [0.3, 0.4) is 0 Å². The number of fused-ring (bicyclic) bond motifs is 2. The number of aromatic nitrogens is 2. The zero-order valence-electron chi connectivity index (χ0n) is 19.9. The molecule has 4 heterocycles. The number of carbonyl (C=O) groups excluding carboxylic acids is 3. The third kappa shape index (κ3) is 7.84. The molecule has 2 fully saturated rings. The Morgan fingerprint density at radius 2 is 1.80 bits per heavy atom. The number of aryl methyl sites for hydroxylation is 1. The van der Waals surface area contributed by atoms with E-state index in [1.54, 1.807) is 6.07 Å². The summed E-state index contributed by atoms with van der Waals surface area (Å²) in [6, 6.07) is 7.69. The van der Waals surface area contributed by atoms with E-state index in [0.717, 1.165) is 30.3 Å². The van der Waals surface area contributed by atoms with Crippen molar-refractivity contribution in [1.82, 2.24) is 31.2 Å². The molecule has 10 nitrogen and oxygen atoms in total. The lowest BCUT2D eigenvalue weighted by molar-refractivity contribution is -0.126. The van der Waals surface area contributed by atoms with Crippen molar-refractivity contribution in [2.24, 2.45) is 5.92 Å². The Hall–Kier alpha value is -2.82. The Balaban J connectivity index is 0.00000342. The average molecular weight is 504 g/mol. The normalized spacial score (nSPS) is 21.4. The largest absolute Gasteiger partial charge is 0.354 e. The Labute approximate surface area is 211 Å². The van der Waals surface area contributed by atoms with E-state index < -0.39 is 0 Å². The molecule has 2 aliphatic rings. The summed E-state index contributed by atoms with van der Waals surface area (Å²) < 4.78 is 0. The third-order valence-corrected chi connectivity index (χ3v) is 6.39. The van der Waals surface area contributed by atoms with Crippen LogP contribution in [0.2, 0.25) is 0 Å². The summed E-state index contributed by atoms with van der Waals surface area (Å²) >= 11 is 0. The van der Waals surface area contributed by atoms with Crippen molar-refractivity contribution in [2.45, 2.75) is 57.7 Å². The van der Waals surface area contributed by atoms with Gasteiger partial charge in [-0.05, 0) is 56.4 Å². The van der Waals surface area contributed by atoms with Crippen molar-refractivity contribution in [3.63, 3.8) is 0 Å². The van der Waals surface area contributed by atoms with E-state index in [0.29, 0.717) is 49.9 Å². The van der Waals surface area contributed by atoms with Crippen molar-refractivity contribution in [2.75, 3.05) is 25.0 Å². The molecule has 0 saturated carbocycles. The van der Waals surface area contributed by atoms with Gasteiger partial charge in [-0.25, -0.2) is 9.97 Å². The molecule has 0 bridgehead atoms. The van der Waals surface area contributed by atoms with Gasteiger partial charge < -0.3 is 21.3 Å². The second-order valence-electron chi connectivity index (χ2n) is 9.08. The lowest BCUT2D eigenvalue weighted by Crippen LogP contribution is -2.61. The van der Waals surface area contributed by atoms with Crippen LogP contribution in [0.5, 0.6) is 0 Å². The van der Waals surface area contributed by atoms with E-state index in [4.69, 9.17) is 0 Å². The number of pyridine rings is 2. The van der Waals surface area contributed by atoms with Crippen LogP contribution in [0, 0.1) is 12.8 Å². The minimum absolute atomic E-state index is 0. The van der Waals surface area contributed by atoms with E-state index >= 15 is 0 Å². The smallest absolute Gasteiger partial charge is 0.226 e. The highest BCUT2D eigenvalue weighted by molar-refractivity contribution is 5.91. The van der Waals surface area contributed by atoms with Gasteiger partial charge in [0, 0.05) is 56.0 Å². The third-order valence-electron chi connectivity index (χ3n) is 6.39. The summed E-state index contributed by atoms with van der Waals surface area (Å²) in [5, 5.41) is 16.3. The minimum Gasteiger partial charge on any atom is -0.354 e. The quantitative estimate of drug-likeness (QED) is 0.326. The monoisotopic (exact) mass is 503 g/mol. The Bertz CT molecular complexity index is 1050. The van der Waals surface area contributed by atoms with Crippen molar-refractivity contribution in [3.8, 4) is 0 Å². The Kier molecular flexibility index (Phi) is 9.76. The molecule has 2 aromatic rings. The molecule has 190 valence electrons. The standard InChI is InChI=1S/C24H33N7O3.ClH/c1-15-2-3-16-5-8-19(30-23(16)27-15)29-22(34)11-13-25-12-10-20(32)26-14-18-7-4-17-6-9-21(33)31-24(17)28-18;/h2-3,5,8,17-18,24-25,28H,4,6-7,9-14H2,1H3,(H,26,32)(H,31,33)(H,27,29,30,34);1H. The first-order valence-electron chi connectivity index (χ1n) is 12.0. The fourth-order valence-corrected chi connectivity index (χ4v) is 4.47. The number of anilines is 1. The highest BCUT2D eigenvalue weighted by Gasteiger charge is 2.34. The first-order valence-corrected chi connectivity index (χ1v) is 12.0. The molecule has 11 heteroatoms. The molecule has 5 N–H and O–H groups in total. The zero-order valence-corrected chi connectivity index (χ0v) is 20.7. The Morgan fingerprint density at radius 1 is 1.03 bits per heavy atom. The van der Waals surface area contributed by atoms with Crippen LogP contribution in [0.25, 0.3) is 11.0 Å². The number of amides is 3. The molecule has 0 spiro atoms. The van der Waals surface area contributed by atoms with Crippen LogP contribution in [0.1, 0.15) is 44.2 Å². The van der Waals surface area contributed by atoms with E-state index in [1.165, 1.54) is 0 Å². The fraction of sp³-hybridized carbons (Fsp3) is 0.542. The highest BCUT2D eigenvalue weighted by Crippen LogP contribution is 2.26. The van der Waals surface area contributed by atoms with Gasteiger partial charge in [-0.3, -0.25) is 19.7 Å². The number of carbonyl (C=O) groups is 3. The molecule has 2 aliphatic heterocycles. The SMILES string of the molecule is Cc1ccc2ccc(NC(=O)CCNCCC(=O)NCC3CCC4CCC(=O)NC4N3)nc2n1.Cl. The lowest BCUT2D eigenvalue weighted by atomic mass is 9.85. The summed E-state index contributed by atoms with van der Waals surface area (Å²) in [6.45, 7) is 3.41. The lowest BCUT2D eigenvalue weighted by Gasteiger charge is -2.40. The summed E-state index contributed by atoms with van der Waals surface area (Å²) in [5.74, 6) is 0.887. The predicted molar refractivity (Wildman–Crippen MR) is 136 cm³/mol. The molecule has 0 aromatic carbocycles. The zero-order chi connectivity index (χ0) is 23.9. The van der Waals surface area contributed by atoms with Gasteiger partial charge in [0.05, 0.1) is 6.17 Å². The van der Waals surface area contributed by atoms with Gasteiger partial charge in [-0.1, -0.05) is 0 Å². The summed E-state index contributed by atoms with van der Waals surface area (Å²) in [7, 11) is 0. The fourth-order valence-electron chi connectivity index (χ4n) is 4.47. The van der Waals surface area contributed by atoms with Gasteiger partial charge in [0.1, 0.15) is 5.82 Å². The van der Waals surface area contributed by atoms with Crippen LogP contribution in [-0.2, 0) is 14.4 Å². The number of rotatable bonds is 9. The molecule has 2 aromatic heterocycles. The van der Waals surface area contributed by atoms with Gasteiger partial charge in [-0.15, -0.1) is 12.4 Å². The number of hydrogen-bond acceptors (Lipinski definition) is 7. The van der Waals surface area contributed by atoms with E-state index in [2.05, 4.69) is 36.6 Å². The van der Waals surface area contributed by atoms with E-state index in [9.17, 15) is 14.4 Å². The molecule has 0 aliphatic carbocycles. The second kappa shape index (κ2) is 12.8. The molecule has 4 rings (SSSR count). The van der Waals surface area contributed by atoms with Gasteiger partial charge in [0.15, 0.2) is 5.65 Å². The maximum atomic E-state index is 12.2. The Morgan fingerprint density at radius 3 is 2.63 bits per heavy atom. The number of nitrogens with one attached hydrogen (secondary N) is 5. The molecular formula is C24H34ClN7O3. The van der Waals surface area contributed by atoms with Gasteiger partial charge in [0.2, 0.25) is 17.7 Å². The van der Waals surface area contributed by atoms with E-state index in [1.807, 2.05) is 25.1 Å². The first-order chi connectivity index (χ1) is 16.5. The van der Waals surface area contributed by atoms with Crippen LogP contribution in [-0.4, -0.2) is 59.5 Å². The second-order valence-corrected chi connectivity index (χ2v) is 9.08. The molecule has 0 radical (unpaired) electrons. The van der Waals surface area contributed by atoms with Crippen LogP contribution < -0.4 is 26.6 Å². The first kappa shape index (κ1) is 26.8. The van der Waals surface area contributed by atoms with Crippen molar-refractivity contribution >= 4 is 47.0 Å². The van der Waals surface area contributed by atoms with Gasteiger partial charge >= 0.3 is 0 Å². The average Bonchev–Trinajstić information content (AvgIpc) is 2.82. The maximum absolute atomic E-state index is 12.2. The maximum Gasteiger partial charge on any atom is 0.226 e. The summed E-state index contributed by atoms with van der Waals surface area (Å²) in [5.41, 5.74) is 1.48. The van der Waals surface area contributed by atoms with Crippen LogP contribution in [0.4, 0.5) is 5.82 Å². The number of piperidine rings is 2. The van der Waals surface area contributed by atoms with Gasteiger partial charge in [-0.2, -0.15) is 0 Å². The van der Waals surface area contributed by atoms with Crippen LogP contribution >= 0.6 is 12.4 Å². The van der Waals surface area contributed by atoms with Crippen molar-refractivity contribution < 1.29 is 14.4 Å². The van der Waals surface area contributed by atoms with Crippen molar-refractivity contribution in [1.29, 1.82) is 0 Å². The minimum atomic E-state index is -0.145. The molecule has 2 saturated heterocycles. The highest BCUT2D eigenvalue weighted by atomic mass is 35.5. The van der Waals surface area contributed by atoms with Gasteiger partial charge in [0.25, 0.3) is 0 Å². The number of hydrogen-bond donors (Lipinski definition) is 5. The van der Waals surface area contributed by atoms with Crippen LogP contribution in [0.15, 0.2) is 24.3 Å². The molecular weight excluding hydrogens is 470 g/mol. The van der Waals surface area contributed by atoms with E-state index in [-0.39, 0.29) is 48.8 Å². The molecule has 3 amide bonds. The summed E-state index contributed by atoms with van der Waals surface area (Å²) in [6.07, 6.45) is 4.24.